The molecule has 1 aliphatic heterocycles. The lowest BCUT2D eigenvalue weighted by Crippen LogP contribution is -2.45. The average Bonchev–Trinajstić information content (AvgIpc) is 2.71. The van der Waals surface area contributed by atoms with Crippen LogP contribution in [0.15, 0.2) is 54.7 Å². The molecule has 0 bridgehead atoms. The van der Waals surface area contributed by atoms with E-state index in [-0.39, 0.29) is 18.9 Å². The van der Waals surface area contributed by atoms with Gasteiger partial charge in [-0.1, -0.05) is 48.0 Å². The number of nitrogens with one attached hydrogen (secondary N) is 2. The largest absolute Gasteiger partial charge is 0.482 e. The molecule has 8 heteroatoms. The molecule has 0 fully saturated rings. The third-order valence-electron chi connectivity index (χ3n) is 4.38. The highest BCUT2D eigenvalue weighted by molar-refractivity contribution is 6.32. The molecule has 0 saturated carbocycles. The minimum absolute atomic E-state index is 0.00736. The highest BCUT2D eigenvalue weighted by Crippen LogP contribution is 2.32. The quantitative estimate of drug-likeness (QED) is 0.738. The molecule has 2 aromatic rings. The van der Waals surface area contributed by atoms with E-state index in [0.717, 1.165) is 11.1 Å². The van der Waals surface area contributed by atoms with E-state index in [9.17, 15) is 14.4 Å². The van der Waals surface area contributed by atoms with E-state index in [2.05, 4.69) is 10.9 Å². The van der Waals surface area contributed by atoms with Crippen molar-refractivity contribution in [3.63, 3.8) is 0 Å². The van der Waals surface area contributed by atoms with Crippen LogP contribution in [-0.2, 0) is 14.4 Å². The van der Waals surface area contributed by atoms with E-state index in [1.165, 1.54) is 11.8 Å². The Hall–Kier alpha value is -3.32. The molecule has 1 aliphatic rings. The van der Waals surface area contributed by atoms with E-state index in [1.54, 1.807) is 30.5 Å². The summed E-state index contributed by atoms with van der Waals surface area (Å²) < 4.78 is 5.32. The van der Waals surface area contributed by atoms with Crippen molar-refractivity contribution in [2.75, 3.05) is 6.61 Å². The number of ether oxygens (including phenoxy) is 1. The summed E-state index contributed by atoms with van der Waals surface area (Å²) >= 11 is 5.96. The molecule has 3 rings (SSSR count). The molecule has 0 radical (unpaired) electrons. The van der Waals surface area contributed by atoms with Crippen molar-refractivity contribution in [1.82, 2.24) is 15.8 Å². The van der Waals surface area contributed by atoms with Gasteiger partial charge in [0, 0.05) is 13.1 Å². The van der Waals surface area contributed by atoms with Crippen LogP contribution in [0.1, 0.15) is 30.5 Å². The van der Waals surface area contributed by atoms with Gasteiger partial charge >= 0.3 is 0 Å². The first-order valence-corrected chi connectivity index (χ1v) is 9.34. The molecule has 150 valence electrons. The zero-order valence-corrected chi connectivity index (χ0v) is 16.5. The smallest absolute Gasteiger partial charge is 0.276 e. The maximum atomic E-state index is 12.4. The number of nitrogens with zero attached hydrogens (tertiary/aromatic N) is 1. The minimum atomic E-state index is -0.536. The number of carbonyl (C=O) groups is 3. The Morgan fingerprint density at radius 3 is 2.48 bits per heavy atom. The molecule has 0 unspecified atom stereocenters. The van der Waals surface area contributed by atoms with Crippen LogP contribution in [0.2, 0.25) is 5.02 Å². The van der Waals surface area contributed by atoms with Crippen molar-refractivity contribution in [3.8, 4) is 5.75 Å². The minimum Gasteiger partial charge on any atom is -0.482 e. The van der Waals surface area contributed by atoms with Crippen molar-refractivity contribution < 1.29 is 19.1 Å². The Labute approximate surface area is 173 Å². The summed E-state index contributed by atoms with van der Waals surface area (Å²) in [5.41, 5.74) is 6.47. The number of fused-ring (bicyclic) bond motifs is 1. The average molecular weight is 414 g/mol. The van der Waals surface area contributed by atoms with Gasteiger partial charge in [-0.25, -0.2) is 0 Å². The first-order chi connectivity index (χ1) is 14.0. The normalized spacial score (nSPS) is 14.7. The van der Waals surface area contributed by atoms with Gasteiger partial charge in [0.15, 0.2) is 6.61 Å². The fourth-order valence-electron chi connectivity index (χ4n) is 3.02. The maximum absolute atomic E-state index is 12.4. The van der Waals surface area contributed by atoms with Gasteiger partial charge in [0.2, 0.25) is 11.8 Å². The van der Waals surface area contributed by atoms with E-state index >= 15 is 0 Å². The van der Waals surface area contributed by atoms with Crippen molar-refractivity contribution in [1.29, 1.82) is 0 Å². The van der Waals surface area contributed by atoms with Crippen LogP contribution in [0.3, 0.4) is 0 Å². The molecule has 7 nitrogen and oxygen atoms in total. The van der Waals surface area contributed by atoms with E-state index in [0.29, 0.717) is 10.8 Å². The number of carbonyl (C=O) groups excluding carboxylic acids is 3. The number of benzene rings is 2. The third kappa shape index (κ3) is 5.14. The summed E-state index contributed by atoms with van der Waals surface area (Å²) in [4.78, 5) is 37.8. The molecule has 0 saturated heterocycles. The lowest BCUT2D eigenvalue weighted by molar-refractivity contribution is -0.132. The number of hydrazine groups is 1. The molecule has 0 aliphatic carbocycles. The van der Waals surface area contributed by atoms with Gasteiger partial charge in [0.1, 0.15) is 5.75 Å². The second-order valence-electron chi connectivity index (χ2n) is 6.41. The van der Waals surface area contributed by atoms with Crippen molar-refractivity contribution >= 4 is 35.4 Å². The van der Waals surface area contributed by atoms with Crippen molar-refractivity contribution in [2.45, 2.75) is 19.4 Å². The number of hydrogen-bond donors (Lipinski definition) is 2. The fraction of sp³-hybridized carbons (Fsp3) is 0.190. The number of para-hydroxylation sites is 1. The molecule has 1 heterocycles. The van der Waals surface area contributed by atoms with Gasteiger partial charge in [0.25, 0.3) is 5.91 Å². The van der Waals surface area contributed by atoms with E-state index < -0.39 is 17.9 Å². The predicted octanol–water partition coefficient (Wildman–Crippen LogP) is 2.83. The maximum Gasteiger partial charge on any atom is 0.276 e. The number of hydrogen-bond acceptors (Lipinski definition) is 4. The Bertz CT molecular complexity index is 960. The molecule has 0 aromatic heterocycles. The summed E-state index contributed by atoms with van der Waals surface area (Å²) in [6, 6.07) is 13.9. The van der Waals surface area contributed by atoms with Crippen LogP contribution >= 0.6 is 11.6 Å². The van der Waals surface area contributed by atoms with Gasteiger partial charge in [0.05, 0.1) is 17.5 Å². The van der Waals surface area contributed by atoms with Crippen LogP contribution in [0.5, 0.6) is 5.75 Å². The van der Waals surface area contributed by atoms with Crippen molar-refractivity contribution in [3.05, 3.63) is 70.9 Å². The summed E-state index contributed by atoms with van der Waals surface area (Å²) in [5.74, 6) is -0.771. The Morgan fingerprint density at radius 1 is 1.03 bits per heavy atom. The van der Waals surface area contributed by atoms with Crippen LogP contribution in [-0.4, -0.2) is 29.2 Å². The summed E-state index contributed by atoms with van der Waals surface area (Å²) in [5, 5.41) is 0.387. The van der Waals surface area contributed by atoms with Crippen LogP contribution in [0.4, 0.5) is 0 Å². The molecule has 2 N–H and O–H groups in total. The second kappa shape index (κ2) is 9.25. The third-order valence-corrected chi connectivity index (χ3v) is 4.70. The van der Waals surface area contributed by atoms with Crippen molar-refractivity contribution in [2.24, 2.45) is 0 Å². The second-order valence-corrected chi connectivity index (χ2v) is 6.81. The summed E-state index contributed by atoms with van der Waals surface area (Å²) in [7, 11) is 0. The highest BCUT2D eigenvalue weighted by atomic mass is 35.5. The van der Waals surface area contributed by atoms with Gasteiger partial charge in [-0.05, 0) is 29.3 Å². The molecule has 3 amide bonds. The SMILES string of the molecule is CC(=O)N1C=Cc2ccccc2[C@H]1CC(=O)NNC(=O)COc1ccccc1Cl. The number of halogens is 1. The molecular formula is C21H20ClN3O4. The Morgan fingerprint density at radius 2 is 1.72 bits per heavy atom. The van der Waals surface area contributed by atoms with Gasteiger partial charge in [-0.15, -0.1) is 0 Å². The van der Waals surface area contributed by atoms with E-state index in [1.807, 2.05) is 30.3 Å². The van der Waals surface area contributed by atoms with Gasteiger partial charge in [-0.2, -0.15) is 0 Å². The van der Waals surface area contributed by atoms with Crippen LogP contribution < -0.4 is 15.6 Å². The van der Waals surface area contributed by atoms with Gasteiger partial charge < -0.3 is 9.64 Å². The van der Waals surface area contributed by atoms with E-state index in [4.69, 9.17) is 16.3 Å². The lowest BCUT2D eigenvalue weighted by Gasteiger charge is -2.32. The zero-order chi connectivity index (χ0) is 20.8. The number of rotatable bonds is 5. The topological polar surface area (TPSA) is 87.7 Å². The summed E-state index contributed by atoms with van der Waals surface area (Å²) in [6.07, 6.45) is 3.49. The van der Waals surface area contributed by atoms with Crippen LogP contribution in [0, 0.1) is 0 Å². The molecule has 29 heavy (non-hydrogen) atoms. The molecule has 2 aromatic carbocycles. The highest BCUT2D eigenvalue weighted by Gasteiger charge is 2.28. The standard InChI is InChI=1S/C21H20ClN3O4/c1-14(26)25-11-10-15-6-2-3-7-16(15)18(25)12-20(27)23-24-21(28)13-29-19-9-5-4-8-17(19)22/h2-11,18H,12-13H2,1H3,(H,23,27)(H,24,28)/t18-/m1/s1. The molecule has 0 spiro atoms. The molecule has 1 atom stereocenters. The number of amides is 3. The molecular weight excluding hydrogens is 394 g/mol. The van der Waals surface area contributed by atoms with Gasteiger partial charge in [-0.3, -0.25) is 25.2 Å². The monoisotopic (exact) mass is 413 g/mol. The zero-order valence-electron chi connectivity index (χ0n) is 15.7. The predicted molar refractivity (Wildman–Crippen MR) is 109 cm³/mol. The van der Waals surface area contributed by atoms with Crippen LogP contribution in [0.25, 0.3) is 6.08 Å². The fourth-order valence-corrected chi connectivity index (χ4v) is 3.21. The first kappa shape index (κ1) is 20.4. The first-order valence-electron chi connectivity index (χ1n) is 8.96. The Balaban J connectivity index is 1.55. The Kier molecular flexibility index (Phi) is 6.51. The summed E-state index contributed by atoms with van der Waals surface area (Å²) in [6.45, 7) is 1.13. The lowest BCUT2D eigenvalue weighted by atomic mass is 9.93.